The van der Waals surface area contributed by atoms with Gasteiger partial charge in [0, 0.05) is 18.5 Å². The maximum Gasteiger partial charge on any atom is 0.269 e. The molecule has 1 fully saturated rings. The Balaban J connectivity index is 1.66. The van der Waals surface area contributed by atoms with Gasteiger partial charge in [0.2, 0.25) is 0 Å². The molecule has 2 aliphatic rings. The molecule has 1 aromatic heterocycles. The lowest BCUT2D eigenvalue weighted by molar-refractivity contribution is 0.0995. The van der Waals surface area contributed by atoms with Crippen LogP contribution >= 0.6 is 0 Å². The minimum absolute atomic E-state index is 0.111. The van der Waals surface area contributed by atoms with Crippen LogP contribution in [-0.2, 0) is 6.42 Å². The van der Waals surface area contributed by atoms with Crippen LogP contribution in [0.4, 0.5) is 5.82 Å². The number of benzene rings is 1. The van der Waals surface area contributed by atoms with Gasteiger partial charge >= 0.3 is 0 Å². The number of carbonyl (C=O) groups excluding carboxylic acids is 1. The molecule has 0 saturated heterocycles. The van der Waals surface area contributed by atoms with E-state index in [0.717, 1.165) is 36.8 Å². The van der Waals surface area contributed by atoms with Crippen LogP contribution < -0.4 is 16.8 Å². The molecule has 2 aliphatic carbocycles. The summed E-state index contributed by atoms with van der Waals surface area (Å²) < 4.78 is 0. The van der Waals surface area contributed by atoms with Gasteiger partial charge in [-0.1, -0.05) is 37.1 Å². The second-order valence-electron chi connectivity index (χ2n) is 7.06. The molecule has 1 unspecified atom stereocenters. The molecule has 2 aromatic rings. The van der Waals surface area contributed by atoms with Gasteiger partial charge in [0.05, 0.1) is 6.20 Å². The summed E-state index contributed by atoms with van der Waals surface area (Å²) in [6.07, 6.45) is 8.71. The predicted molar refractivity (Wildman–Crippen MR) is 102 cm³/mol. The van der Waals surface area contributed by atoms with Crippen molar-refractivity contribution in [1.82, 2.24) is 9.97 Å². The van der Waals surface area contributed by atoms with Crippen LogP contribution in [0.5, 0.6) is 0 Å². The fourth-order valence-electron chi connectivity index (χ4n) is 3.82. The molecule has 26 heavy (non-hydrogen) atoms. The average Bonchev–Trinajstić information content (AvgIpc) is 3.07. The first-order valence-corrected chi connectivity index (χ1v) is 9.09. The van der Waals surface area contributed by atoms with Crippen molar-refractivity contribution in [3.8, 4) is 0 Å². The van der Waals surface area contributed by atoms with E-state index in [1.807, 2.05) is 12.1 Å². The molecule has 2 atom stereocenters. The minimum Gasteiger partial charge on any atom is -0.364 e. The molecule has 1 amide bonds. The summed E-state index contributed by atoms with van der Waals surface area (Å²) in [6, 6.07) is 8.45. The summed E-state index contributed by atoms with van der Waals surface area (Å²) in [5.41, 5.74) is 15.9. The predicted octanol–water partition coefficient (Wildman–Crippen LogP) is 2.35. The van der Waals surface area contributed by atoms with Crippen molar-refractivity contribution in [1.29, 1.82) is 0 Å². The number of nitrogens with zero attached hydrogens (tertiary/aromatic N) is 2. The molecule has 5 N–H and O–H groups in total. The molecule has 134 valence electrons. The van der Waals surface area contributed by atoms with Gasteiger partial charge < -0.3 is 16.8 Å². The third-order valence-electron chi connectivity index (χ3n) is 5.23. The first kappa shape index (κ1) is 16.7. The number of primary amides is 1. The SMILES string of the molecule is NC(=O)c1ncc(NC2CCCC[C@@H]2N)nc1C1=Cc2ccccc2C1. The highest BCUT2D eigenvalue weighted by Gasteiger charge is 2.24. The maximum atomic E-state index is 11.9. The third kappa shape index (κ3) is 3.20. The summed E-state index contributed by atoms with van der Waals surface area (Å²) in [5, 5.41) is 3.40. The van der Waals surface area contributed by atoms with Gasteiger partial charge in [-0.3, -0.25) is 4.79 Å². The molecular formula is C20H23N5O. The average molecular weight is 349 g/mol. The molecule has 1 aromatic carbocycles. The van der Waals surface area contributed by atoms with Gasteiger partial charge in [-0.15, -0.1) is 0 Å². The van der Waals surface area contributed by atoms with E-state index >= 15 is 0 Å². The number of aromatic nitrogens is 2. The normalized spacial score (nSPS) is 21.8. The number of carbonyl (C=O) groups is 1. The van der Waals surface area contributed by atoms with Crippen LogP contribution in [0.1, 0.15) is 53.0 Å². The zero-order chi connectivity index (χ0) is 18.1. The number of fused-ring (bicyclic) bond motifs is 1. The molecule has 1 saturated carbocycles. The lowest BCUT2D eigenvalue weighted by Gasteiger charge is -2.29. The Morgan fingerprint density at radius 3 is 2.77 bits per heavy atom. The molecular weight excluding hydrogens is 326 g/mol. The van der Waals surface area contributed by atoms with Gasteiger partial charge in [-0.25, -0.2) is 9.97 Å². The number of amides is 1. The fourth-order valence-corrected chi connectivity index (χ4v) is 3.82. The van der Waals surface area contributed by atoms with E-state index in [-0.39, 0.29) is 17.8 Å². The molecule has 6 heteroatoms. The number of hydrogen-bond acceptors (Lipinski definition) is 5. The highest BCUT2D eigenvalue weighted by Crippen LogP contribution is 2.32. The Labute approximate surface area is 152 Å². The summed E-state index contributed by atoms with van der Waals surface area (Å²) >= 11 is 0. The van der Waals surface area contributed by atoms with Crippen molar-refractivity contribution in [2.24, 2.45) is 11.5 Å². The maximum absolute atomic E-state index is 11.9. The largest absolute Gasteiger partial charge is 0.364 e. The lowest BCUT2D eigenvalue weighted by atomic mass is 9.91. The van der Waals surface area contributed by atoms with Crippen molar-refractivity contribution in [3.05, 3.63) is 53.0 Å². The number of allylic oxidation sites excluding steroid dienone is 1. The first-order valence-electron chi connectivity index (χ1n) is 9.09. The van der Waals surface area contributed by atoms with Crippen LogP contribution in [0.2, 0.25) is 0 Å². The van der Waals surface area contributed by atoms with Crippen molar-refractivity contribution < 1.29 is 4.79 Å². The van der Waals surface area contributed by atoms with Crippen molar-refractivity contribution in [3.63, 3.8) is 0 Å². The molecule has 0 bridgehead atoms. The number of anilines is 1. The van der Waals surface area contributed by atoms with Crippen molar-refractivity contribution in [2.45, 2.75) is 44.2 Å². The molecule has 0 aliphatic heterocycles. The van der Waals surface area contributed by atoms with Crippen molar-refractivity contribution in [2.75, 3.05) is 5.32 Å². The Bertz CT molecular complexity index is 876. The Morgan fingerprint density at radius 1 is 1.19 bits per heavy atom. The van der Waals surface area contributed by atoms with Crippen LogP contribution in [0.25, 0.3) is 11.6 Å². The van der Waals surface area contributed by atoms with Gasteiger partial charge in [0.1, 0.15) is 11.5 Å². The Hall–Kier alpha value is -2.73. The molecule has 0 radical (unpaired) electrons. The summed E-state index contributed by atoms with van der Waals surface area (Å²) in [5.74, 6) is 0.0782. The quantitative estimate of drug-likeness (QED) is 0.785. The monoisotopic (exact) mass is 349 g/mol. The highest BCUT2D eigenvalue weighted by molar-refractivity contribution is 5.99. The van der Waals surface area contributed by atoms with Gasteiger partial charge in [0.25, 0.3) is 5.91 Å². The van der Waals surface area contributed by atoms with E-state index in [9.17, 15) is 4.79 Å². The van der Waals surface area contributed by atoms with E-state index in [1.54, 1.807) is 6.20 Å². The molecule has 4 rings (SSSR count). The van der Waals surface area contributed by atoms with E-state index < -0.39 is 5.91 Å². The third-order valence-corrected chi connectivity index (χ3v) is 5.23. The zero-order valence-electron chi connectivity index (χ0n) is 14.6. The van der Waals surface area contributed by atoms with Gasteiger partial charge in [-0.2, -0.15) is 0 Å². The Kier molecular flexibility index (Phi) is 4.42. The topological polar surface area (TPSA) is 107 Å². The summed E-state index contributed by atoms with van der Waals surface area (Å²) in [7, 11) is 0. The second-order valence-corrected chi connectivity index (χ2v) is 7.06. The number of nitrogens with one attached hydrogen (secondary N) is 1. The summed E-state index contributed by atoms with van der Waals surface area (Å²) in [6.45, 7) is 0. The molecule has 1 heterocycles. The lowest BCUT2D eigenvalue weighted by Crippen LogP contribution is -2.42. The molecule has 0 spiro atoms. The standard InChI is InChI=1S/C20H23N5O/c21-15-7-3-4-8-16(15)24-17-11-23-19(20(22)26)18(25-17)14-9-12-5-1-2-6-13(12)10-14/h1-2,5-6,9,11,15-16H,3-4,7-8,10,21H2,(H2,22,26)(H,24,25)/t15-,16?/m0/s1. The molecule has 6 nitrogen and oxygen atoms in total. The zero-order valence-corrected chi connectivity index (χ0v) is 14.6. The minimum atomic E-state index is -0.565. The highest BCUT2D eigenvalue weighted by atomic mass is 16.1. The van der Waals surface area contributed by atoms with Gasteiger partial charge in [0.15, 0.2) is 5.69 Å². The van der Waals surface area contributed by atoms with Crippen LogP contribution in [0, 0.1) is 0 Å². The van der Waals surface area contributed by atoms with Crippen LogP contribution in [0.3, 0.4) is 0 Å². The number of rotatable bonds is 4. The summed E-state index contributed by atoms with van der Waals surface area (Å²) in [4.78, 5) is 20.8. The fraction of sp³-hybridized carbons (Fsp3) is 0.350. The van der Waals surface area contributed by atoms with E-state index in [1.165, 1.54) is 12.0 Å². The van der Waals surface area contributed by atoms with Gasteiger partial charge in [-0.05, 0) is 35.6 Å². The number of nitrogens with two attached hydrogens (primary N) is 2. The Morgan fingerprint density at radius 2 is 2.00 bits per heavy atom. The van der Waals surface area contributed by atoms with E-state index in [0.29, 0.717) is 11.5 Å². The van der Waals surface area contributed by atoms with E-state index in [4.69, 9.17) is 11.5 Å². The first-order chi connectivity index (χ1) is 12.6. The number of hydrogen-bond donors (Lipinski definition) is 3. The second kappa shape index (κ2) is 6.88. The van der Waals surface area contributed by atoms with Crippen LogP contribution in [-0.4, -0.2) is 28.0 Å². The van der Waals surface area contributed by atoms with Crippen LogP contribution in [0.15, 0.2) is 30.5 Å². The van der Waals surface area contributed by atoms with E-state index in [2.05, 4.69) is 33.5 Å². The van der Waals surface area contributed by atoms with Crippen molar-refractivity contribution >= 4 is 23.4 Å². The smallest absolute Gasteiger partial charge is 0.269 e.